The second-order valence-electron chi connectivity index (χ2n) is 3.39. The number of hydrogen-bond donors (Lipinski definition) is 2. The zero-order chi connectivity index (χ0) is 11.5. The summed E-state index contributed by atoms with van der Waals surface area (Å²) in [6.07, 6.45) is 3.28. The van der Waals surface area contributed by atoms with E-state index in [9.17, 15) is 0 Å². The van der Waals surface area contributed by atoms with Crippen LogP contribution < -0.4 is 11.1 Å². The molecule has 2 rings (SSSR count). The van der Waals surface area contributed by atoms with Crippen LogP contribution in [0.5, 0.6) is 0 Å². The molecule has 2 aromatic rings. The number of aromatic nitrogens is 2. The fourth-order valence-corrected chi connectivity index (χ4v) is 1.57. The maximum atomic E-state index is 5.88. The molecule has 0 aliphatic rings. The van der Waals surface area contributed by atoms with Gasteiger partial charge in [-0.1, -0.05) is 12.1 Å². The van der Waals surface area contributed by atoms with Gasteiger partial charge in [0.15, 0.2) is 0 Å². The number of anilines is 3. The quantitative estimate of drug-likeness (QED) is 0.830. The number of rotatable bonds is 2. The van der Waals surface area contributed by atoms with Crippen LogP contribution in [0.15, 0.2) is 35.2 Å². The first-order valence-corrected chi connectivity index (χ1v) is 5.56. The Balaban J connectivity index is 2.30. The maximum Gasteiger partial charge on any atom is 0.149 e. The molecule has 0 unspecified atom stereocenters. The molecule has 0 saturated carbocycles. The van der Waals surface area contributed by atoms with E-state index < -0.39 is 0 Å². The fourth-order valence-electron chi connectivity index (χ4n) is 1.37. The average molecular weight is 279 g/mol. The molecule has 0 fully saturated rings. The molecule has 16 heavy (non-hydrogen) atoms. The Morgan fingerprint density at radius 3 is 2.69 bits per heavy atom. The van der Waals surface area contributed by atoms with Gasteiger partial charge in [-0.15, -0.1) is 0 Å². The largest absolute Gasteiger partial charge is 0.397 e. The van der Waals surface area contributed by atoms with Gasteiger partial charge in [0.05, 0.1) is 23.8 Å². The van der Waals surface area contributed by atoms with E-state index in [1.165, 1.54) is 0 Å². The molecule has 0 spiro atoms. The Morgan fingerprint density at radius 2 is 2.06 bits per heavy atom. The Labute approximate surface area is 102 Å². The van der Waals surface area contributed by atoms with Crippen LogP contribution in [0, 0.1) is 6.92 Å². The smallest absolute Gasteiger partial charge is 0.149 e. The highest BCUT2D eigenvalue weighted by atomic mass is 79.9. The average Bonchev–Trinajstić information content (AvgIpc) is 2.26. The van der Waals surface area contributed by atoms with E-state index in [0.717, 1.165) is 11.3 Å². The predicted octanol–water partition coefficient (Wildman–Crippen LogP) is 2.87. The van der Waals surface area contributed by atoms with Crippen LogP contribution in [0.4, 0.5) is 17.2 Å². The number of benzene rings is 1. The van der Waals surface area contributed by atoms with Gasteiger partial charge in [0.1, 0.15) is 10.4 Å². The minimum atomic E-state index is 0.671. The SMILES string of the molecule is Cc1cccc(N)c1Nc1cnc(Br)cn1. The van der Waals surface area contributed by atoms with E-state index in [1.54, 1.807) is 12.4 Å². The molecule has 1 aromatic heterocycles. The monoisotopic (exact) mass is 278 g/mol. The molecule has 4 nitrogen and oxygen atoms in total. The summed E-state index contributed by atoms with van der Waals surface area (Å²) in [7, 11) is 0. The lowest BCUT2D eigenvalue weighted by molar-refractivity contribution is 1.16. The highest BCUT2D eigenvalue weighted by Crippen LogP contribution is 2.25. The molecule has 0 amide bonds. The molecule has 0 atom stereocenters. The topological polar surface area (TPSA) is 63.8 Å². The third-order valence-electron chi connectivity index (χ3n) is 2.18. The van der Waals surface area contributed by atoms with E-state index >= 15 is 0 Å². The van der Waals surface area contributed by atoms with Gasteiger partial charge in [-0.05, 0) is 34.5 Å². The molecule has 1 aromatic carbocycles. The Hall–Kier alpha value is -1.62. The molecule has 5 heteroatoms. The minimum Gasteiger partial charge on any atom is -0.397 e. The van der Waals surface area contributed by atoms with Gasteiger partial charge in [0, 0.05) is 0 Å². The van der Waals surface area contributed by atoms with Crippen molar-refractivity contribution in [2.45, 2.75) is 6.92 Å². The molecule has 0 aliphatic carbocycles. The summed E-state index contributed by atoms with van der Waals surface area (Å²) in [6, 6.07) is 5.76. The standard InChI is InChI=1S/C11H11BrN4/c1-7-3-2-4-8(13)11(7)16-10-6-14-9(12)5-15-10/h2-6H,13H2,1H3,(H,15,16). The molecular formula is C11H11BrN4. The minimum absolute atomic E-state index is 0.671. The molecule has 3 N–H and O–H groups in total. The van der Waals surface area contributed by atoms with Gasteiger partial charge in [0.2, 0.25) is 0 Å². The van der Waals surface area contributed by atoms with Crippen molar-refractivity contribution < 1.29 is 0 Å². The number of halogens is 1. The van der Waals surface area contributed by atoms with Gasteiger partial charge >= 0.3 is 0 Å². The lowest BCUT2D eigenvalue weighted by atomic mass is 10.1. The van der Waals surface area contributed by atoms with Crippen LogP contribution in [-0.4, -0.2) is 9.97 Å². The van der Waals surface area contributed by atoms with E-state index in [-0.39, 0.29) is 0 Å². The van der Waals surface area contributed by atoms with Crippen LogP contribution >= 0.6 is 15.9 Å². The third-order valence-corrected chi connectivity index (χ3v) is 2.59. The number of aryl methyl sites for hydroxylation is 1. The highest BCUT2D eigenvalue weighted by Gasteiger charge is 2.03. The van der Waals surface area contributed by atoms with Crippen molar-refractivity contribution in [3.8, 4) is 0 Å². The zero-order valence-electron chi connectivity index (χ0n) is 8.74. The number of hydrogen-bond acceptors (Lipinski definition) is 4. The van der Waals surface area contributed by atoms with Crippen molar-refractivity contribution in [1.82, 2.24) is 9.97 Å². The predicted molar refractivity (Wildman–Crippen MR) is 68.6 cm³/mol. The molecule has 1 heterocycles. The normalized spacial score (nSPS) is 10.1. The van der Waals surface area contributed by atoms with Crippen LogP contribution in [0.3, 0.4) is 0 Å². The van der Waals surface area contributed by atoms with E-state index in [4.69, 9.17) is 5.73 Å². The zero-order valence-corrected chi connectivity index (χ0v) is 10.3. The molecular weight excluding hydrogens is 268 g/mol. The summed E-state index contributed by atoms with van der Waals surface area (Å²) in [5.41, 5.74) is 8.53. The van der Waals surface area contributed by atoms with E-state index in [0.29, 0.717) is 16.1 Å². The Bertz CT molecular complexity index is 476. The Kier molecular flexibility index (Phi) is 3.05. The fraction of sp³-hybridized carbons (Fsp3) is 0.0909. The summed E-state index contributed by atoms with van der Waals surface area (Å²) >= 11 is 3.23. The van der Waals surface area contributed by atoms with Crippen molar-refractivity contribution in [1.29, 1.82) is 0 Å². The maximum absolute atomic E-state index is 5.88. The second kappa shape index (κ2) is 4.49. The van der Waals surface area contributed by atoms with Gasteiger partial charge in [0.25, 0.3) is 0 Å². The van der Waals surface area contributed by atoms with Crippen LogP contribution in [0.2, 0.25) is 0 Å². The van der Waals surface area contributed by atoms with Crippen LogP contribution in [-0.2, 0) is 0 Å². The van der Waals surface area contributed by atoms with Gasteiger partial charge in [-0.2, -0.15) is 0 Å². The number of nitrogens with two attached hydrogens (primary N) is 1. The molecule has 0 radical (unpaired) electrons. The van der Waals surface area contributed by atoms with Gasteiger partial charge in [-0.25, -0.2) is 9.97 Å². The van der Waals surface area contributed by atoms with Crippen molar-refractivity contribution >= 4 is 33.1 Å². The van der Waals surface area contributed by atoms with Crippen molar-refractivity contribution in [3.63, 3.8) is 0 Å². The van der Waals surface area contributed by atoms with Crippen LogP contribution in [0.25, 0.3) is 0 Å². The van der Waals surface area contributed by atoms with Crippen molar-refractivity contribution in [2.24, 2.45) is 0 Å². The van der Waals surface area contributed by atoms with Crippen molar-refractivity contribution in [3.05, 3.63) is 40.8 Å². The number of para-hydroxylation sites is 1. The Morgan fingerprint density at radius 1 is 1.25 bits per heavy atom. The third kappa shape index (κ3) is 2.30. The molecule has 82 valence electrons. The van der Waals surface area contributed by atoms with Crippen molar-refractivity contribution in [2.75, 3.05) is 11.1 Å². The molecule has 0 bridgehead atoms. The van der Waals surface area contributed by atoms with Gasteiger partial charge < -0.3 is 11.1 Å². The number of nitrogens with one attached hydrogen (secondary N) is 1. The number of nitrogen functional groups attached to an aromatic ring is 1. The summed E-state index contributed by atoms with van der Waals surface area (Å²) in [4.78, 5) is 8.27. The summed E-state index contributed by atoms with van der Waals surface area (Å²) in [5.74, 6) is 0.671. The lowest BCUT2D eigenvalue weighted by Gasteiger charge is -2.10. The second-order valence-corrected chi connectivity index (χ2v) is 4.20. The summed E-state index contributed by atoms with van der Waals surface area (Å²) in [6.45, 7) is 1.99. The van der Waals surface area contributed by atoms with E-state index in [2.05, 4.69) is 31.2 Å². The first-order chi connectivity index (χ1) is 7.66. The summed E-state index contributed by atoms with van der Waals surface area (Å²) in [5, 5.41) is 3.15. The van der Waals surface area contributed by atoms with Crippen LogP contribution in [0.1, 0.15) is 5.56 Å². The first-order valence-electron chi connectivity index (χ1n) is 4.76. The van der Waals surface area contributed by atoms with E-state index in [1.807, 2.05) is 25.1 Å². The lowest BCUT2D eigenvalue weighted by Crippen LogP contribution is -2.00. The first kappa shape index (κ1) is 10.9. The molecule has 0 aliphatic heterocycles. The van der Waals surface area contributed by atoms with Gasteiger partial charge in [-0.3, -0.25) is 0 Å². The highest BCUT2D eigenvalue weighted by molar-refractivity contribution is 9.10. The summed E-state index contributed by atoms with van der Waals surface area (Å²) < 4.78 is 0.704. The molecule has 0 saturated heterocycles. The number of nitrogens with zero attached hydrogens (tertiary/aromatic N) is 2.